The van der Waals surface area contributed by atoms with Crippen LogP contribution in [0.2, 0.25) is 0 Å². The maximum atomic E-state index is 13.3. The van der Waals surface area contributed by atoms with Gasteiger partial charge < -0.3 is 10.5 Å². The zero-order valence-electron chi connectivity index (χ0n) is 10.9. The summed E-state index contributed by atoms with van der Waals surface area (Å²) in [6.45, 7) is 4.01. The summed E-state index contributed by atoms with van der Waals surface area (Å²) >= 11 is 3.26. The summed E-state index contributed by atoms with van der Waals surface area (Å²) in [5, 5.41) is 0. The van der Waals surface area contributed by atoms with Gasteiger partial charge in [-0.05, 0) is 53.9 Å². The summed E-state index contributed by atoms with van der Waals surface area (Å²) in [6, 6.07) is 10.2. The number of hydrogen-bond donors (Lipinski definition) is 1. The Bertz CT molecular complexity index is 608. The third-order valence-electron chi connectivity index (χ3n) is 2.77. The van der Waals surface area contributed by atoms with E-state index in [1.165, 1.54) is 12.1 Å². The maximum Gasteiger partial charge on any atom is 0.124 e. The van der Waals surface area contributed by atoms with E-state index >= 15 is 0 Å². The number of anilines is 1. The fourth-order valence-electron chi connectivity index (χ4n) is 1.91. The fourth-order valence-corrected chi connectivity index (χ4v) is 2.42. The van der Waals surface area contributed by atoms with Gasteiger partial charge in [-0.3, -0.25) is 0 Å². The Morgan fingerprint density at radius 1 is 1.25 bits per heavy atom. The average Bonchev–Trinajstić information content (AvgIpc) is 2.37. The first kappa shape index (κ1) is 14.6. The predicted octanol–water partition coefficient (Wildman–Crippen LogP) is 4.48. The van der Waals surface area contributed by atoms with Gasteiger partial charge in [-0.25, -0.2) is 4.39 Å². The van der Waals surface area contributed by atoms with Crippen molar-refractivity contribution >= 4 is 21.6 Å². The first-order valence-electron chi connectivity index (χ1n) is 6.15. The number of benzene rings is 2. The van der Waals surface area contributed by atoms with Crippen LogP contribution in [0, 0.1) is 5.82 Å². The molecule has 0 aliphatic rings. The van der Waals surface area contributed by atoms with E-state index in [1.807, 2.05) is 18.2 Å². The van der Waals surface area contributed by atoms with Gasteiger partial charge in [-0.15, -0.1) is 6.58 Å². The zero-order valence-corrected chi connectivity index (χ0v) is 12.5. The summed E-state index contributed by atoms with van der Waals surface area (Å²) < 4.78 is 19.7. The highest BCUT2D eigenvalue weighted by Gasteiger charge is 2.05. The molecule has 0 aliphatic heterocycles. The van der Waals surface area contributed by atoms with Crippen LogP contribution in [0.25, 0.3) is 0 Å². The van der Waals surface area contributed by atoms with Gasteiger partial charge in [-0.2, -0.15) is 0 Å². The van der Waals surface area contributed by atoms with Gasteiger partial charge in [0, 0.05) is 10.2 Å². The first-order valence-corrected chi connectivity index (χ1v) is 6.95. The Morgan fingerprint density at radius 3 is 2.75 bits per heavy atom. The number of nitrogen functional groups attached to an aromatic ring is 1. The lowest BCUT2D eigenvalue weighted by Gasteiger charge is -2.11. The molecule has 4 heteroatoms. The van der Waals surface area contributed by atoms with E-state index < -0.39 is 0 Å². The van der Waals surface area contributed by atoms with Crippen molar-refractivity contribution in [2.24, 2.45) is 0 Å². The molecule has 2 nitrogen and oxygen atoms in total. The van der Waals surface area contributed by atoms with Gasteiger partial charge in [0.1, 0.15) is 18.2 Å². The number of nitrogens with two attached hydrogens (primary N) is 1. The number of halogens is 2. The Morgan fingerprint density at radius 2 is 2.05 bits per heavy atom. The van der Waals surface area contributed by atoms with E-state index in [4.69, 9.17) is 10.5 Å². The van der Waals surface area contributed by atoms with Crippen LogP contribution in [0.4, 0.5) is 10.1 Å². The van der Waals surface area contributed by atoms with E-state index in [9.17, 15) is 4.39 Å². The zero-order chi connectivity index (χ0) is 14.5. The minimum atomic E-state index is -0.290. The van der Waals surface area contributed by atoms with Gasteiger partial charge >= 0.3 is 0 Å². The Kier molecular flexibility index (Phi) is 4.79. The lowest BCUT2D eigenvalue weighted by molar-refractivity contribution is 0.303. The number of hydrogen-bond acceptors (Lipinski definition) is 2. The minimum absolute atomic E-state index is 0.290. The molecule has 2 aromatic carbocycles. The van der Waals surface area contributed by atoms with Crippen LogP contribution >= 0.6 is 15.9 Å². The van der Waals surface area contributed by atoms with Gasteiger partial charge in [0.2, 0.25) is 0 Å². The number of rotatable bonds is 5. The maximum absolute atomic E-state index is 13.3. The van der Waals surface area contributed by atoms with Crippen molar-refractivity contribution in [3.63, 3.8) is 0 Å². The van der Waals surface area contributed by atoms with E-state index in [2.05, 4.69) is 22.5 Å². The van der Waals surface area contributed by atoms with Gasteiger partial charge in [0.15, 0.2) is 0 Å². The highest BCUT2D eigenvalue weighted by molar-refractivity contribution is 9.10. The van der Waals surface area contributed by atoms with Crippen molar-refractivity contribution in [3.8, 4) is 5.75 Å². The molecular weight excluding hydrogens is 321 g/mol. The van der Waals surface area contributed by atoms with Crippen LogP contribution in [0.1, 0.15) is 11.1 Å². The molecule has 0 aliphatic carbocycles. The standard InChI is InChI=1S/C16H15BrFNO/c1-2-3-12-8-15(19)4-5-16(12)20-10-11-6-13(17)9-14(18)7-11/h2,4-9H,1,3,10,19H2. The fraction of sp³-hybridized carbons (Fsp3) is 0.125. The van der Waals surface area contributed by atoms with Crippen LogP contribution in [0.5, 0.6) is 5.75 Å². The van der Waals surface area contributed by atoms with Crippen molar-refractivity contribution < 1.29 is 9.13 Å². The van der Waals surface area contributed by atoms with Crippen LogP contribution in [0.3, 0.4) is 0 Å². The molecular formula is C16H15BrFNO. The van der Waals surface area contributed by atoms with Gasteiger partial charge in [-0.1, -0.05) is 22.0 Å². The predicted molar refractivity (Wildman–Crippen MR) is 83.2 cm³/mol. The molecule has 0 amide bonds. The second-order valence-electron chi connectivity index (χ2n) is 4.43. The van der Waals surface area contributed by atoms with E-state index in [1.54, 1.807) is 12.1 Å². The molecule has 0 heterocycles. The molecule has 0 bridgehead atoms. The minimum Gasteiger partial charge on any atom is -0.489 e. The molecule has 0 radical (unpaired) electrons. The second-order valence-corrected chi connectivity index (χ2v) is 5.34. The normalized spacial score (nSPS) is 10.3. The summed E-state index contributed by atoms with van der Waals surface area (Å²) in [4.78, 5) is 0. The second kappa shape index (κ2) is 6.57. The molecule has 2 aromatic rings. The lowest BCUT2D eigenvalue weighted by atomic mass is 10.1. The average molecular weight is 336 g/mol. The molecule has 0 fully saturated rings. The Labute approximate surface area is 126 Å². The van der Waals surface area contributed by atoms with Gasteiger partial charge in [0.25, 0.3) is 0 Å². The van der Waals surface area contributed by atoms with Crippen molar-refractivity contribution in [2.75, 3.05) is 5.73 Å². The molecule has 0 aromatic heterocycles. The van der Waals surface area contributed by atoms with Crippen LogP contribution < -0.4 is 10.5 Å². The first-order chi connectivity index (χ1) is 9.58. The highest BCUT2D eigenvalue weighted by Crippen LogP contribution is 2.24. The third kappa shape index (κ3) is 3.84. The quantitative estimate of drug-likeness (QED) is 0.645. The molecule has 20 heavy (non-hydrogen) atoms. The summed E-state index contributed by atoms with van der Waals surface area (Å²) in [5.74, 6) is 0.445. The summed E-state index contributed by atoms with van der Waals surface area (Å²) in [6.07, 6.45) is 2.47. The molecule has 0 saturated heterocycles. The summed E-state index contributed by atoms with van der Waals surface area (Å²) in [5.41, 5.74) is 8.17. The summed E-state index contributed by atoms with van der Waals surface area (Å²) in [7, 11) is 0. The molecule has 2 N–H and O–H groups in total. The van der Waals surface area contributed by atoms with E-state index in [0.29, 0.717) is 23.2 Å². The van der Waals surface area contributed by atoms with Crippen LogP contribution in [-0.4, -0.2) is 0 Å². The molecule has 0 unspecified atom stereocenters. The smallest absolute Gasteiger partial charge is 0.124 e. The van der Waals surface area contributed by atoms with Crippen molar-refractivity contribution in [2.45, 2.75) is 13.0 Å². The molecule has 104 valence electrons. The van der Waals surface area contributed by atoms with E-state index in [0.717, 1.165) is 16.9 Å². The highest BCUT2D eigenvalue weighted by atomic mass is 79.9. The lowest BCUT2D eigenvalue weighted by Crippen LogP contribution is -2.00. The van der Waals surface area contributed by atoms with Crippen molar-refractivity contribution in [1.29, 1.82) is 0 Å². The van der Waals surface area contributed by atoms with E-state index in [-0.39, 0.29) is 5.82 Å². The van der Waals surface area contributed by atoms with Crippen LogP contribution in [0.15, 0.2) is 53.5 Å². The number of ether oxygens (including phenoxy) is 1. The van der Waals surface area contributed by atoms with Crippen molar-refractivity contribution in [3.05, 3.63) is 70.5 Å². The van der Waals surface area contributed by atoms with Crippen molar-refractivity contribution in [1.82, 2.24) is 0 Å². The third-order valence-corrected chi connectivity index (χ3v) is 3.22. The topological polar surface area (TPSA) is 35.2 Å². The largest absolute Gasteiger partial charge is 0.489 e. The SMILES string of the molecule is C=CCc1cc(N)ccc1OCc1cc(F)cc(Br)c1. The molecule has 0 spiro atoms. The monoisotopic (exact) mass is 335 g/mol. The number of allylic oxidation sites excluding steroid dienone is 1. The van der Waals surface area contributed by atoms with Gasteiger partial charge in [0.05, 0.1) is 0 Å². The molecule has 0 atom stereocenters. The van der Waals surface area contributed by atoms with Crippen LogP contribution in [-0.2, 0) is 13.0 Å². The Balaban J connectivity index is 2.15. The molecule has 0 saturated carbocycles. The Hall–Kier alpha value is -1.81. The molecule has 2 rings (SSSR count).